The topological polar surface area (TPSA) is 123 Å². The smallest absolute Gasteiger partial charge is 0.272 e. The van der Waals surface area contributed by atoms with Gasteiger partial charge in [0.05, 0.1) is 0 Å². The zero-order valence-corrected chi connectivity index (χ0v) is 19.7. The molecule has 0 bridgehead atoms. The van der Waals surface area contributed by atoms with Crippen LogP contribution in [0.3, 0.4) is 0 Å². The van der Waals surface area contributed by atoms with Crippen LogP contribution in [0, 0.1) is 0 Å². The largest absolute Gasteiger partial charge is 0.371 e. The van der Waals surface area contributed by atoms with Gasteiger partial charge in [0, 0.05) is 53.0 Å². The second-order valence-corrected chi connectivity index (χ2v) is 9.01. The van der Waals surface area contributed by atoms with Gasteiger partial charge in [-0.15, -0.1) is 0 Å². The summed E-state index contributed by atoms with van der Waals surface area (Å²) in [5, 5.41) is 3.84. The highest BCUT2D eigenvalue weighted by Gasteiger charge is 2.19. The maximum absolute atomic E-state index is 13.5. The summed E-state index contributed by atoms with van der Waals surface area (Å²) in [6.45, 7) is 2.38. The van der Waals surface area contributed by atoms with Crippen LogP contribution in [-0.4, -0.2) is 35.4 Å². The van der Waals surface area contributed by atoms with Gasteiger partial charge in [-0.3, -0.25) is 14.4 Å². The van der Waals surface area contributed by atoms with E-state index in [-0.39, 0.29) is 5.91 Å². The van der Waals surface area contributed by atoms with Gasteiger partial charge in [-0.25, -0.2) is 0 Å². The molecule has 1 saturated heterocycles. The van der Waals surface area contributed by atoms with Crippen molar-refractivity contribution in [2.75, 3.05) is 23.3 Å². The van der Waals surface area contributed by atoms with E-state index in [1.807, 2.05) is 22.8 Å². The van der Waals surface area contributed by atoms with Crippen molar-refractivity contribution >= 4 is 40.0 Å². The number of primary amides is 2. The summed E-state index contributed by atoms with van der Waals surface area (Å²) >= 11 is 0. The van der Waals surface area contributed by atoms with Gasteiger partial charge in [-0.1, -0.05) is 24.3 Å². The molecule has 182 valence electrons. The molecule has 2 heterocycles. The Kier molecular flexibility index (Phi) is 6.16. The molecule has 1 aromatic heterocycles. The fourth-order valence-electron chi connectivity index (χ4n) is 4.67. The van der Waals surface area contributed by atoms with Crippen molar-refractivity contribution < 1.29 is 14.4 Å². The Hall–Kier alpha value is -4.59. The molecule has 0 radical (unpaired) electrons. The number of carbonyl (C=O) groups is 3. The summed E-state index contributed by atoms with van der Waals surface area (Å²) in [7, 11) is 0. The SMILES string of the molecule is NC(=O)c1ccc(Cn2c(C(=O)Nc3cccc(N4CCCC4)c3)cc3ccc(C(N)=O)cc32)cc1. The van der Waals surface area contributed by atoms with E-state index in [0.29, 0.717) is 34.6 Å². The first kappa shape index (κ1) is 23.2. The number of amides is 3. The fraction of sp³-hybridized carbons (Fsp3) is 0.179. The van der Waals surface area contributed by atoms with Gasteiger partial charge in [0.15, 0.2) is 0 Å². The molecule has 36 heavy (non-hydrogen) atoms. The van der Waals surface area contributed by atoms with Gasteiger partial charge >= 0.3 is 0 Å². The Morgan fingerprint density at radius 2 is 1.50 bits per heavy atom. The van der Waals surface area contributed by atoms with E-state index in [2.05, 4.69) is 16.3 Å². The van der Waals surface area contributed by atoms with E-state index < -0.39 is 11.8 Å². The molecule has 8 nitrogen and oxygen atoms in total. The molecule has 1 aliphatic rings. The minimum Gasteiger partial charge on any atom is -0.371 e. The van der Waals surface area contributed by atoms with Crippen LogP contribution in [0.5, 0.6) is 0 Å². The number of nitrogens with two attached hydrogens (primary N) is 2. The highest BCUT2D eigenvalue weighted by Crippen LogP contribution is 2.26. The first-order valence-electron chi connectivity index (χ1n) is 11.9. The standard InChI is InChI=1S/C28H27N5O3/c29-26(34)19-8-6-18(7-9-19)17-33-24-15-21(27(30)35)11-10-20(24)14-25(33)28(36)31-22-4-3-5-23(16-22)32-12-1-2-13-32/h3-11,14-16H,1-2,12-13,17H2,(H2,29,34)(H2,30,35)(H,31,36). The van der Waals surface area contributed by atoms with Crippen molar-refractivity contribution in [3.63, 3.8) is 0 Å². The Labute approximate surface area is 208 Å². The van der Waals surface area contributed by atoms with Gasteiger partial charge in [0.1, 0.15) is 5.69 Å². The zero-order valence-electron chi connectivity index (χ0n) is 19.7. The lowest BCUT2D eigenvalue weighted by Gasteiger charge is -2.18. The number of fused-ring (bicyclic) bond motifs is 1. The molecule has 1 aliphatic heterocycles. The van der Waals surface area contributed by atoms with Crippen molar-refractivity contribution in [1.82, 2.24) is 4.57 Å². The maximum atomic E-state index is 13.5. The summed E-state index contributed by atoms with van der Waals surface area (Å²) in [6.07, 6.45) is 2.34. The van der Waals surface area contributed by atoms with Gasteiger partial charge in [-0.2, -0.15) is 0 Å². The molecular formula is C28H27N5O3. The molecule has 4 aromatic rings. The van der Waals surface area contributed by atoms with Crippen LogP contribution in [0.1, 0.15) is 49.6 Å². The van der Waals surface area contributed by atoms with Gasteiger partial charge in [0.2, 0.25) is 11.8 Å². The van der Waals surface area contributed by atoms with Crippen molar-refractivity contribution in [2.45, 2.75) is 19.4 Å². The van der Waals surface area contributed by atoms with Crippen LogP contribution in [0.2, 0.25) is 0 Å². The highest BCUT2D eigenvalue weighted by molar-refractivity contribution is 6.07. The predicted octanol–water partition coefficient (Wildman–Crippen LogP) is 3.74. The molecule has 8 heteroatoms. The highest BCUT2D eigenvalue weighted by atomic mass is 16.2. The lowest BCUT2D eigenvalue weighted by molar-refractivity contribution is 0.0992. The number of anilines is 2. The first-order chi connectivity index (χ1) is 17.4. The van der Waals surface area contributed by atoms with Crippen LogP contribution in [-0.2, 0) is 6.54 Å². The number of nitrogens with one attached hydrogen (secondary N) is 1. The molecule has 0 atom stereocenters. The predicted molar refractivity (Wildman–Crippen MR) is 140 cm³/mol. The normalized spacial score (nSPS) is 13.2. The van der Waals surface area contributed by atoms with Crippen LogP contribution >= 0.6 is 0 Å². The lowest BCUT2D eigenvalue weighted by Crippen LogP contribution is -2.19. The molecule has 1 fully saturated rings. The molecule has 5 N–H and O–H groups in total. The van der Waals surface area contributed by atoms with Crippen LogP contribution < -0.4 is 21.7 Å². The number of benzene rings is 3. The minimum atomic E-state index is -0.541. The van der Waals surface area contributed by atoms with E-state index >= 15 is 0 Å². The summed E-state index contributed by atoms with van der Waals surface area (Å²) < 4.78 is 1.85. The monoisotopic (exact) mass is 481 g/mol. The summed E-state index contributed by atoms with van der Waals surface area (Å²) in [6, 6.07) is 21.7. The van der Waals surface area contributed by atoms with E-state index in [1.54, 1.807) is 48.5 Å². The Bertz CT molecular complexity index is 1470. The molecule has 5 rings (SSSR count). The molecule has 3 aromatic carbocycles. The second-order valence-electron chi connectivity index (χ2n) is 9.01. The third kappa shape index (κ3) is 4.65. The Morgan fingerprint density at radius 3 is 2.19 bits per heavy atom. The average Bonchev–Trinajstić information content (AvgIpc) is 3.53. The maximum Gasteiger partial charge on any atom is 0.272 e. The molecule has 3 amide bonds. The molecule has 0 spiro atoms. The summed E-state index contributed by atoms with van der Waals surface area (Å²) in [5.74, 6) is -1.31. The summed E-state index contributed by atoms with van der Waals surface area (Å²) in [5.41, 5.74) is 15.5. The fourth-order valence-corrected chi connectivity index (χ4v) is 4.67. The van der Waals surface area contributed by atoms with Gasteiger partial charge in [0.25, 0.3) is 5.91 Å². The van der Waals surface area contributed by atoms with Crippen molar-refractivity contribution in [3.8, 4) is 0 Å². The quantitative estimate of drug-likeness (QED) is 0.372. The molecule has 0 aliphatic carbocycles. The third-order valence-corrected chi connectivity index (χ3v) is 6.58. The Balaban J connectivity index is 1.50. The number of hydrogen-bond acceptors (Lipinski definition) is 4. The number of rotatable bonds is 7. The molecule has 0 unspecified atom stereocenters. The van der Waals surface area contributed by atoms with E-state index in [9.17, 15) is 14.4 Å². The number of carbonyl (C=O) groups excluding carboxylic acids is 3. The first-order valence-corrected chi connectivity index (χ1v) is 11.9. The van der Waals surface area contributed by atoms with Gasteiger partial charge < -0.3 is 26.3 Å². The summed E-state index contributed by atoms with van der Waals surface area (Å²) in [4.78, 5) is 39.1. The number of hydrogen-bond donors (Lipinski definition) is 3. The van der Waals surface area contributed by atoms with Crippen LogP contribution in [0.15, 0.2) is 72.8 Å². The number of aromatic nitrogens is 1. The van der Waals surface area contributed by atoms with Crippen molar-refractivity contribution in [2.24, 2.45) is 11.5 Å². The molecular weight excluding hydrogens is 454 g/mol. The van der Waals surface area contributed by atoms with Crippen molar-refractivity contribution in [3.05, 3.63) is 95.2 Å². The Morgan fingerprint density at radius 1 is 0.806 bits per heavy atom. The van der Waals surface area contributed by atoms with E-state index in [1.165, 1.54) is 12.8 Å². The minimum absolute atomic E-state index is 0.265. The zero-order chi connectivity index (χ0) is 25.2. The third-order valence-electron chi connectivity index (χ3n) is 6.58. The second kappa shape index (κ2) is 9.58. The molecule has 0 saturated carbocycles. The van der Waals surface area contributed by atoms with E-state index in [0.717, 1.165) is 29.7 Å². The van der Waals surface area contributed by atoms with Crippen molar-refractivity contribution in [1.29, 1.82) is 0 Å². The van der Waals surface area contributed by atoms with E-state index in [4.69, 9.17) is 11.5 Å². The van der Waals surface area contributed by atoms with Gasteiger partial charge in [-0.05, 0) is 66.9 Å². The lowest BCUT2D eigenvalue weighted by atomic mass is 10.1. The van der Waals surface area contributed by atoms with Crippen LogP contribution in [0.4, 0.5) is 11.4 Å². The van der Waals surface area contributed by atoms with Crippen LogP contribution in [0.25, 0.3) is 10.9 Å². The number of nitrogens with zero attached hydrogens (tertiary/aromatic N) is 2. The average molecular weight is 482 g/mol.